The van der Waals surface area contributed by atoms with E-state index in [-0.39, 0.29) is 0 Å². The van der Waals surface area contributed by atoms with Gasteiger partial charge < -0.3 is 10.2 Å². The molecule has 0 bridgehead atoms. The Labute approximate surface area is 101 Å². The Morgan fingerprint density at radius 3 is 3.06 bits per heavy atom. The van der Waals surface area contributed by atoms with Crippen LogP contribution in [0.1, 0.15) is 36.6 Å². The van der Waals surface area contributed by atoms with E-state index >= 15 is 0 Å². The highest BCUT2D eigenvalue weighted by molar-refractivity contribution is 5.76. The van der Waals surface area contributed by atoms with Gasteiger partial charge in [-0.1, -0.05) is 18.6 Å². The highest BCUT2D eigenvalue weighted by atomic mass is 16.3. The Bertz CT molecular complexity index is 532. The topological polar surface area (TPSA) is 52.0 Å². The monoisotopic (exact) mass is 230 g/mol. The summed E-state index contributed by atoms with van der Waals surface area (Å²) in [7, 11) is 0. The molecule has 1 aliphatic rings. The van der Waals surface area contributed by atoms with E-state index in [0.29, 0.717) is 11.8 Å². The van der Waals surface area contributed by atoms with Crippen molar-refractivity contribution in [2.45, 2.75) is 32.1 Å². The first-order chi connectivity index (χ1) is 8.29. The summed E-state index contributed by atoms with van der Waals surface area (Å²) in [6.45, 7) is 2.80. The smallest absolute Gasteiger partial charge is 0.198 e. The zero-order valence-corrected chi connectivity index (χ0v) is 10.1. The molecule has 0 spiro atoms. The van der Waals surface area contributed by atoms with Crippen LogP contribution < -0.4 is 5.73 Å². The van der Waals surface area contributed by atoms with E-state index in [2.05, 4.69) is 18.0 Å². The van der Waals surface area contributed by atoms with Crippen LogP contribution in [-0.4, -0.2) is 11.5 Å². The quantitative estimate of drug-likeness (QED) is 0.862. The largest absolute Gasteiger partial charge is 0.440 e. The van der Waals surface area contributed by atoms with Crippen LogP contribution >= 0.6 is 0 Å². The lowest BCUT2D eigenvalue weighted by molar-refractivity contribution is 0.401. The number of nitrogens with two attached hydrogens (primary N) is 1. The van der Waals surface area contributed by atoms with E-state index in [1.165, 1.54) is 12.8 Å². The zero-order chi connectivity index (χ0) is 11.8. The van der Waals surface area contributed by atoms with Crippen molar-refractivity contribution in [3.05, 3.63) is 29.7 Å². The van der Waals surface area contributed by atoms with Gasteiger partial charge in [0, 0.05) is 5.92 Å². The average Bonchev–Trinajstić information content (AvgIpc) is 2.94. The fourth-order valence-corrected chi connectivity index (χ4v) is 2.91. The molecule has 1 aliphatic carbocycles. The molecule has 90 valence electrons. The second-order valence-corrected chi connectivity index (χ2v) is 5.01. The van der Waals surface area contributed by atoms with Gasteiger partial charge >= 0.3 is 0 Å². The van der Waals surface area contributed by atoms with Crippen LogP contribution in [0.25, 0.3) is 11.1 Å². The SMILES string of the molecule is Cc1cccc2nc(C3CCCC3CN)oc12. The van der Waals surface area contributed by atoms with E-state index in [1.807, 2.05) is 12.1 Å². The fourth-order valence-electron chi connectivity index (χ4n) is 2.91. The second-order valence-electron chi connectivity index (χ2n) is 5.01. The van der Waals surface area contributed by atoms with Crippen molar-refractivity contribution in [1.29, 1.82) is 0 Å². The standard InChI is InChI=1S/C14H18N2O/c1-9-4-2-7-12-13(9)17-14(16-12)11-6-3-5-10(11)8-15/h2,4,7,10-11H,3,5-6,8,15H2,1H3. The summed E-state index contributed by atoms with van der Waals surface area (Å²) in [5, 5.41) is 0. The van der Waals surface area contributed by atoms with Crippen LogP contribution in [0.2, 0.25) is 0 Å². The Morgan fingerprint density at radius 1 is 1.41 bits per heavy atom. The lowest BCUT2D eigenvalue weighted by Crippen LogP contribution is -2.17. The van der Waals surface area contributed by atoms with Gasteiger partial charge in [0.2, 0.25) is 0 Å². The summed E-state index contributed by atoms with van der Waals surface area (Å²) in [6.07, 6.45) is 3.61. The van der Waals surface area contributed by atoms with Crippen LogP contribution in [0.4, 0.5) is 0 Å². The predicted molar refractivity (Wildman–Crippen MR) is 67.9 cm³/mol. The summed E-state index contributed by atoms with van der Waals surface area (Å²) in [5.41, 5.74) is 8.88. The van der Waals surface area contributed by atoms with Gasteiger partial charge in [0.25, 0.3) is 0 Å². The molecule has 1 aromatic carbocycles. The molecule has 3 nitrogen and oxygen atoms in total. The van der Waals surface area contributed by atoms with E-state index in [9.17, 15) is 0 Å². The van der Waals surface area contributed by atoms with E-state index < -0.39 is 0 Å². The summed E-state index contributed by atoms with van der Waals surface area (Å²) >= 11 is 0. The zero-order valence-electron chi connectivity index (χ0n) is 10.1. The molecule has 2 aromatic rings. The summed E-state index contributed by atoms with van der Waals surface area (Å²) in [6, 6.07) is 6.10. The molecule has 1 heterocycles. The molecular weight excluding hydrogens is 212 g/mol. The van der Waals surface area contributed by atoms with Crippen molar-refractivity contribution in [3.8, 4) is 0 Å². The number of benzene rings is 1. The molecule has 1 aromatic heterocycles. The minimum atomic E-state index is 0.423. The molecule has 1 fully saturated rings. The van der Waals surface area contributed by atoms with Crippen LogP contribution in [0.5, 0.6) is 0 Å². The number of nitrogens with zero attached hydrogens (tertiary/aromatic N) is 1. The van der Waals surface area contributed by atoms with Gasteiger partial charge in [-0.05, 0) is 43.9 Å². The van der Waals surface area contributed by atoms with E-state index in [4.69, 9.17) is 10.2 Å². The molecule has 2 N–H and O–H groups in total. The third-order valence-electron chi connectivity index (χ3n) is 3.91. The normalized spacial score (nSPS) is 24.6. The number of aromatic nitrogens is 1. The van der Waals surface area contributed by atoms with Gasteiger partial charge in [0.1, 0.15) is 5.52 Å². The van der Waals surface area contributed by atoms with Crippen molar-refractivity contribution in [2.75, 3.05) is 6.54 Å². The van der Waals surface area contributed by atoms with Gasteiger partial charge in [0.05, 0.1) is 0 Å². The van der Waals surface area contributed by atoms with E-state index in [0.717, 1.165) is 35.5 Å². The highest BCUT2D eigenvalue weighted by Crippen LogP contribution is 2.39. The third kappa shape index (κ3) is 1.75. The molecular formula is C14H18N2O. The molecule has 17 heavy (non-hydrogen) atoms. The molecule has 0 saturated heterocycles. The van der Waals surface area contributed by atoms with Crippen molar-refractivity contribution >= 4 is 11.1 Å². The lowest BCUT2D eigenvalue weighted by atomic mass is 9.96. The predicted octanol–water partition coefficient (Wildman–Crippen LogP) is 2.98. The number of rotatable bonds is 2. The lowest BCUT2D eigenvalue weighted by Gasteiger charge is -2.13. The number of fused-ring (bicyclic) bond motifs is 1. The van der Waals surface area contributed by atoms with Crippen LogP contribution in [0, 0.1) is 12.8 Å². The number of hydrogen-bond acceptors (Lipinski definition) is 3. The van der Waals surface area contributed by atoms with Crippen molar-refractivity contribution in [3.63, 3.8) is 0 Å². The van der Waals surface area contributed by atoms with E-state index in [1.54, 1.807) is 0 Å². The Kier molecular flexibility index (Phi) is 2.63. The first-order valence-electron chi connectivity index (χ1n) is 6.35. The molecule has 1 saturated carbocycles. The average molecular weight is 230 g/mol. The second kappa shape index (κ2) is 4.15. The van der Waals surface area contributed by atoms with Crippen molar-refractivity contribution < 1.29 is 4.42 Å². The maximum absolute atomic E-state index is 5.95. The minimum absolute atomic E-state index is 0.423. The Morgan fingerprint density at radius 2 is 2.29 bits per heavy atom. The molecule has 0 radical (unpaired) electrons. The molecule has 2 unspecified atom stereocenters. The first kappa shape index (κ1) is 10.8. The molecule has 2 atom stereocenters. The summed E-state index contributed by atoms with van der Waals surface area (Å²) in [5.74, 6) is 1.86. The minimum Gasteiger partial charge on any atom is -0.440 e. The summed E-state index contributed by atoms with van der Waals surface area (Å²) in [4.78, 5) is 4.63. The first-order valence-corrected chi connectivity index (χ1v) is 6.35. The fraction of sp³-hybridized carbons (Fsp3) is 0.500. The van der Waals surface area contributed by atoms with Crippen molar-refractivity contribution in [2.24, 2.45) is 11.7 Å². The van der Waals surface area contributed by atoms with Gasteiger partial charge in [-0.25, -0.2) is 4.98 Å². The molecule has 0 aliphatic heterocycles. The summed E-state index contributed by atoms with van der Waals surface area (Å²) < 4.78 is 5.95. The van der Waals surface area contributed by atoms with Gasteiger partial charge in [0.15, 0.2) is 11.5 Å². The highest BCUT2D eigenvalue weighted by Gasteiger charge is 2.31. The van der Waals surface area contributed by atoms with Crippen molar-refractivity contribution in [1.82, 2.24) is 4.98 Å². The Hall–Kier alpha value is -1.35. The third-order valence-corrected chi connectivity index (χ3v) is 3.91. The van der Waals surface area contributed by atoms with Crippen LogP contribution in [0.15, 0.2) is 22.6 Å². The maximum atomic E-state index is 5.95. The number of aryl methyl sites for hydroxylation is 1. The van der Waals surface area contributed by atoms with Gasteiger partial charge in [-0.2, -0.15) is 0 Å². The molecule has 3 rings (SSSR count). The molecule has 0 amide bonds. The van der Waals surface area contributed by atoms with Crippen LogP contribution in [-0.2, 0) is 0 Å². The number of para-hydroxylation sites is 1. The van der Waals surface area contributed by atoms with Gasteiger partial charge in [-0.3, -0.25) is 0 Å². The number of hydrogen-bond donors (Lipinski definition) is 1. The maximum Gasteiger partial charge on any atom is 0.198 e. The van der Waals surface area contributed by atoms with Gasteiger partial charge in [-0.15, -0.1) is 0 Å². The number of oxazole rings is 1. The Balaban J connectivity index is 2.03. The van der Waals surface area contributed by atoms with Crippen LogP contribution in [0.3, 0.4) is 0 Å². The molecule has 3 heteroatoms.